The van der Waals surface area contributed by atoms with Crippen molar-refractivity contribution in [2.75, 3.05) is 67.1 Å². The van der Waals surface area contributed by atoms with Crippen LogP contribution in [0.4, 0.5) is 0 Å². The zero-order chi connectivity index (χ0) is 46.8. The Morgan fingerprint density at radius 3 is 1.23 bits per heavy atom. The van der Waals surface area contributed by atoms with Crippen molar-refractivity contribution < 1.29 is 67.8 Å². The molecule has 0 amide bonds. The third-order valence-electron chi connectivity index (χ3n) is 12.1. The van der Waals surface area contributed by atoms with Crippen LogP contribution >= 0.6 is 0 Å². The minimum absolute atomic E-state index is 0.0296. The van der Waals surface area contributed by atoms with E-state index in [4.69, 9.17) is 77.3 Å². The van der Waals surface area contributed by atoms with Gasteiger partial charge in [0.25, 0.3) is 0 Å². The summed E-state index contributed by atoms with van der Waals surface area (Å²) in [5.41, 5.74) is 0.241. The van der Waals surface area contributed by atoms with Crippen molar-refractivity contribution >= 4 is 23.3 Å². The smallest absolute Gasteiger partial charge is 0.247 e. The molecule has 6 aliphatic rings. The number of ether oxygens (including phenoxy) is 10. The van der Waals surface area contributed by atoms with Crippen LogP contribution in [0.5, 0.6) is 34.5 Å². The standard InChI is InChI=1S/C45H51N7O14/c1-42(2)44(5,57-7)65-33-23-21-22(32(33)63-42)46-36-28-24(59-17-13-53)9-11-26(61-19-15-55)30(28)38(48-36)50-40-34-35(66-45(6,58-8)43(3,4)64-34)41(52-40)51-39-31-27(62-20-16-56)12-10-25(60-18-14-54)29(31)37(47-23)49-39/h9-12,53-56H,13-21H2,1-8H3,(H,46,47,48,49,50,51,52)/t44-,45-/m1/s1. The summed E-state index contributed by atoms with van der Waals surface area (Å²) in [5, 5.41) is 39.4. The number of aliphatic hydroxyl groups excluding tert-OH is 4. The molecule has 5 N–H and O–H groups in total. The highest BCUT2D eigenvalue weighted by Gasteiger charge is 2.55. The number of aromatic amines is 1. The Bertz CT molecular complexity index is 2820. The maximum Gasteiger partial charge on any atom is 0.247 e. The third-order valence-corrected chi connectivity index (χ3v) is 12.1. The molecule has 21 heteroatoms. The van der Waals surface area contributed by atoms with Crippen molar-refractivity contribution in [3.8, 4) is 34.5 Å². The topological polar surface area (TPSA) is 263 Å². The predicted molar refractivity (Wildman–Crippen MR) is 234 cm³/mol. The molecule has 1 saturated heterocycles. The van der Waals surface area contributed by atoms with E-state index in [-0.39, 0.29) is 117 Å². The lowest BCUT2D eigenvalue weighted by Gasteiger charge is -2.47. The lowest BCUT2D eigenvalue weighted by Crippen LogP contribution is -2.60. The fourth-order valence-electron chi connectivity index (χ4n) is 8.00. The maximum absolute atomic E-state index is 9.86. The van der Waals surface area contributed by atoms with Crippen LogP contribution in [0.25, 0.3) is 0 Å². The van der Waals surface area contributed by atoms with Crippen LogP contribution in [-0.2, 0) is 18.9 Å². The van der Waals surface area contributed by atoms with E-state index in [1.54, 1.807) is 52.0 Å². The van der Waals surface area contributed by atoms with Crippen LogP contribution in [0.3, 0.4) is 0 Å². The minimum atomic E-state index is -1.35. The molecule has 1 aromatic heterocycles. The Balaban J connectivity index is 1.40. The summed E-state index contributed by atoms with van der Waals surface area (Å²) in [4.78, 5) is 33.8. The van der Waals surface area contributed by atoms with E-state index in [1.165, 1.54) is 14.2 Å². The molecule has 66 heavy (non-hydrogen) atoms. The first-order valence-corrected chi connectivity index (χ1v) is 21.3. The summed E-state index contributed by atoms with van der Waals surface area (Å²) < 4.78 is 63.1. The molecule has 2 atom stereocenters. The van der Waals surface area contributed by atoms with E-state index in [9.17, 15) is 20.4 Å². The molecule has 9 rings (SSSR count). The van der Waals surface area contributed by atoms with Gasteiger partial charge in [0.1, 0.15) is 49.4 Å². The zero-order valence-electron chi connectivity index (χ0n) is 37.7. The number of hydrogen-bond acceptors (Lipinski definition) is 20. The summed E-state index contributed by atoms with van der Waals surface area (Å²) >= 11 is 0. The number of hydrogen-bond donors (Lipinski definition) is 5. The van der Waals surface area contributed by atoms with Gasteiger partial charge in [0.05, 0.1) is 60.1 Å². The van der Waals surface area contributed by atoms with Gasteiger partial charge in [-0.1, -0.05) is 0 Å². The van der Waals surface area contributed by atoms with E-state index in [0.717, 1.165) is 0 Å². The third kappa shape index (κ3) is 7.26. The number of rotatable bonds is 14. The summed E-state index contributed by atoms with van der Waals surface area (Å²) in [5.74, 6) is -0.207. The second-order valence-corrected chi connectivity index (χ2v) is 16.8. The van der Waals surface area contributed by atoms with Gasteiger partial charge in [0.15, 0.2) is 57.0 Å². The molecule has 2 aromatic carbocycles. The van der Waals surface area contributed by atoms with Crippen LogP contribution < -0.4 is 39.4 Å². The van der Waals surface area contributed by atoms with Gasteiger partial charge in [-0.15, -0.1) is 0 Å². The zero-order valence-corrected chi connectivity index (χ0v) is 37.7. The highest BCUT2D eigenvalue weighted by Crippen LogP contribution is 2.50. The molecule has 1 aliphatic carbocycles. The molecule has 3 aromatic rings. The highest BCUT2D eigenvalue weighted by molar-refractivity contribution is 6.26. The number of nitrogens with zero attached hydrogens (tertiary/aromatic N) is 6. The van der Waals surface area contributed by atoms with Crippen LogP contribution in [0.15, 0.2) is 77.1 Å². The van der Waals surface area contributed by atoms with Crippen molar-refractivity contribution in [3.63, 3.8) is 0 Å². The Labute approximate surface area is 378 Å². The van der Waals surface area contributed by atoms with Gasteiger partial charge < -0.3 is 72.8 Å². The molecular formula is C45H51N7O14. The highest BCUT2D eigenvalue weighted by atomic mass is 16.7. The Morgan fingerprint density at radius 1 is 0.485 bits per heavy atom. The monoisotopic (exact) mass is 913 g/mol. The van der Waals surface area contributed by atoms with Crippen LogP contribution in [-0.4, -0.2) is 139 Å². The molecular weight excluding hydrogens is 863 g/mol. The number of aliphatic hydroxyl groups is 4. The van der Waals surface area contributed by atoms with E-state index < -0.39 is 22.8 Å². The first-order chi connectivity index (χ1) is 31.6. The number of nitrogens with one attached hydrogen (secondary N) is 1. The van der Waals surface area contributed by atoms with Gasteiger partial charge in [-0.3, -0.25) is 0 Å². The second kappa shape index (κ2) is 16.8. The van der Waals surface area contributed by atoms with E-state index in [2.05, 4.69) is 4.98 Å². The molecule has 21 nitrogen and oxygen atoms in total. The first kappa shape index (κ1) is 44.8. The van der Waals surface area contributed by atoms with E-state index in [0.29, 0.717) is 56.6 Å². The van der Waals surface area contributed by atoms with Gasteiger partial charge in [-0.25, -0.2) is 30.0 Å². The fraction of sp³-hybridized carbons (Fsp3) is 0.467. The molecule has 8 bridgehead atoms. The summed E-state index contributed by atoms with van der Waals surface area (Å²) in [7, 11) is 3.02. The van der Waals surface area contributed by atoms with Gasteiger partial charge in [-0.2, -0.15) is 0 Å². The quantitative estimate of drug-likeness (QED) is 0.155. The maximum atomic E-state index is 9.86. The fourth-order valence-corrected chi connectivity index (χ4v) is 8.00. The molecule has 350 valence electrons. The average molecular weight is 914 g/mol. The van der Waals surface area contributed by atoms with Gasteiger partial charge in [0, 0.05) is 34.5 Å². The number of methoxy groups -OCH3 is 2. The van der Waals surface area contributed by atoms with Gasteiger partial charge >= 0.3 is 0 Å². The predicted octanol–water partition coefficient (Wildman–Crippen LogP) is 2.09. The Kier molecular flexibility index (Phi) is 11.4. The number of H-pyrrole nitrogens is 1. The molecule has 0 saturated carbocycles. The molecule has 0 radical (unpaired) electrons. The van der Waals surface area contributed by atoms with Crippen LogP contribution in [0, 0.1) is 0 Å². The molecule has 0 spiro atoms. The van der Waals surface area contributed by atoms with Crippen molar-refractivity contribution in [2.45, 2.75) is 70.7 Å². The van der Waals surface area contributed by atoms with E-state index >= 15 is 0 Å². The number of fused-ring (bicyclic) bond motifs is 16. The largest absolute Gasteiger partial charge is 0.490 e. The number of amidine groups is 4. The summed E-state index contributed by atoms with van der Waals surface area (Å²) in [6, 6.07) is 6.64. The van der Waals surface area contributed by atoms with Gasteiger partial charge in [-0.05, 0) is 52.0 Å². The summed E-state index contributed by atoms with van der Waals surface area (Å²) in [6.45, 7) is 9.37. The number of benzene rings is 2. The SMILES string of the molecule is CO[C@]1(C)OC2=C3CC(=C2OC1(C)C)N=C1N=C(N=c2[nH]c(c4c2OC(C)(C)[C@](C)(OC)O4)=NC2=NC(=N3)c3c(OCCO)ccc(OCCO)c32)c2c(OCCO)ccc(OCCO)c21. The lowest BCUT2D eigenvalue weighted by molar-refractivity contribution is -0.301. The molecule has 6 heterocycles. The Morgan fingerprint density at radius 2 is 0.833 bits per heavy atom. The molecule has 1 fully saturated rings. The van der Waals surface area contributed by atoms with Crippen molar-refractivity contribution in [2.24, 2.45) is 30.0 Å². The van der Waals surface area contributed by atoms with Crippen LogP contribution in [0.2, 0.25) is 0 Å². The number of aliphatic imine (C=N–C) groups is 4. The summed E-state index contributed by atoms with van der Waals surface area (Å²) in [6.07, 6.45) is 0.0296. The normalized spacial score (nSPS) is 22.6. The average Bonchev–Trinajstić information content (AvgIpc) is 4.02. The van der Waals surface area contributed by atoms with Crippen LogP contribution in [0.1, 0.15) is 70.2 Å². The first-order valence-electron chi connectivity index (χ1n) is 21.3. The van der Waals surface area contributed by atoms with E-state index in [1.807, 2.05) is 13.8 Å². The van der Waals surface area contributed by atoms with Crippen molar-refractivity contribution in [1.82, 2.24) is 4.98 Å². The Hall–Kier alpha value is -6.36. The van der Waals surface area contributed by atoms with Gasteiger partial charge in [0.2, 0.25) is 23.1 Å². The minimum Gasteiger partial charge on any atom is -0.490 e. The second-order valence-electron chi connectivity index (χ2n) is 16.8. The van der Waals surface area contributed by atoms with Crippen molar-refractivity contribution in [3.05, 3.63) is 80.4 Å². The lowest BCUT2D eigenvalue weighted by atomic mass is 9.97. The molecule has 5 aliphatic heterocycles. The van der Waals surface area contributed by atoms with Crippen molar-refractivity contribution in [1.29, 1.82) is 0 Å². The number of aromatic nitrogens is 1. The molecule has 0 unspecified atom stereocenters.